The number of nitrogens with one attached hydrogen (secondary N) is 2. The molecule has 0 aliphatic rings. The van der Waals surface area contributed by atoms with Crippen LogP contribution < -0.4 is 9.88 Å². The van der Waals surface area contributed by atoms with E-state index in [-0.39, 0.29) is 5.75 Å². The summed E-state index contributed by atoms with van der Waals surface area (Å²) < 4.78 is 3.78. The SMILES string of the molecule is CC[n+]1c(NCc2cc(Br)cc(Br)c2O)[nH]c2ccccc21. The van der Waals surface area contributed by atoms with E-state index in [0.717, 1.165) is 33.6 Å². The summed E-state index contributed by atoms with van der Waals surface area (Å²) in [7, 11) is 0. The summed E-state index contributed by atoms with van der Waals surface area (Å²) in [6.45, 7) is 3.50. The maximum Gasteiger partial charge on any atom is 0.356 e. The van der Waals surface area contributed by atoms with Crippen molar-refractivity contribution in [3.05, 3.63) is 50.9 Å². The van der Waals surface area contributed by atoms with Gasteiger partial charge < -0.3 is 5.11 Å². The van der Waals surface area contributed by atoms with Gasteiger partial charge in [-0.1, -0.05) is 28.1 Å². The molecule has 0 saturated heterocycles. The standard InChI is InChI=1S/C16H15Br2N3O/c1-2-21-14-6-4-3-5-13(14)20-16(21)19-9-10-7-11(17)8-12(18)15(10)22/h3-8H,2,9H2,1H3,(H2,19,20,22)/p+1. The van der Waals surface area contributed by atoms with Gasteiger partial charge in [0.05, 0.1) is 17.6 Å². The molecule has 114 valence electrons. The minimum absolute atomic E-state index is 0.259. The van der Waals surface area contributed by atoms with Crippen LogP contribution in [-0.2, 0) is 13.1 Å². The number of anilines is 1. The van der Waals surface area contributed by atoms with Crippen LogP contribution in [0.3, 0.4) is 0 Å². The molecular formula is C16H16Br2N3O+. The highest BCUT2D eigenvalue weighted by atomic mass is 79.9. The largest absolute Gasteiger partial charge is 0.506 e. The second-order valence-corrected chi connectivity index (χ2v) is 6.75. The van der Waals surface area contributed by atoms with E-state index < -0.39 is 0 Å². The average molecular weight is 426 g/mol. The first-order chi connectivity index (χ1) is 10.6. The molecule has 0 radical (unpaired) electrons. The molecule has 3 rings (SSSR count). The Morgan fingerprint density at radius 1 is 1.23 bits per heavy atom. The number of aromatic nitrogens is 2. The summed E-state index contributed by atoms with van der Waals surface area (Å²) in [6, 6.07) is 11.9. The Kier molecular flexibility index (Phi) is 4.40. The second-order valence-electron chi connectivity index (χ2n) is 4.98. The zero-order valence-electron chi connectivity index (χ0n) is 12.0. The molecule has 1 aromatic heterocycles. The predicted octanol–water partition coefficient (Wildman–Crippen LogP) is 4.32. The van der Waals surface area contributed by atoms with E-state index >= 15 is 0 Å². The molecule has 3 N–H and O–H groups in total. The highest BCUT2D eigenvalue weighted by Gasteiger charge is 2.16. The first kappa shape index (κ1) is 15.4. The third-order valence-corrected chi connectivity index (χ3v) is 4.65. The van der Waals surface area contributed by atoms with Crippen molar-refractivity contribution in [2.24, 2.45) is 0 Å². The fourth-order valence-electron chi connectivity index (χ4n) is 2.53. The Bertz CT molecular complexity index is 830. The minimum Gasteiger partial charge on any atom is -0.506 e. The molecule has 0 atom stereocenters. The van der Waals surface area contributed by atoms with Crippen LogP contribution in [0.2, 0.25) is 0 Å². The summed E-state index contributed by atoms with van der Waals surface area (Å²) >= 11 is 6.81. The molecule has 2 aromatic carbocycles. The lowest BCUT2D eigenvalue weighted by molar-refractivity contribution is -0.653. The number of H-pyrrole nitrogens is 1. The monoisotopic (exact) mass is 424 g/mol. The maximum atomic E-state index is 10.1. The zero-order valence-corrected chi connectivity index (χ0v) is 15.2. The van der Waals surface area contributed by atoms with Crippen LogP contribution in [0.5, 0.6) is 5.75 Å². The molecule has 0 fully saturated rings. The van der Waals surface area contributed by atoms with E-state index in [0.29, 0.717) is 11.0 Å². The van der Waals surface area contributed by atoms with Crippen LogP contribution in [-0.4, -0.2) is 10.1 Å². The highest BCUT2D eigenvalue weighted by molar-refractivity contribution is 9.11. The van der Waals surface area contributed by atoms with E-state index in [1.807, 2.05) is 24.3 Å². The zero-order chi connectivity index (χ0) is 15.7. The molecule has 0 amide bonds. The van der Waals surface area contributed by atoms with Gasteiger partial charge in [0, 0.05) is 10.0 Å². The quantitative estimate of drug-likeness (QED) is 0.545. The smallest absolute Gasteiger partial charge is 0.356 e. The number of fused-ring (bicyclic) bond motifs is 1. The topological polar surface area (TPSA) is 51.9 Å². The molecule has 0 unspecified atom stereocenters. The third-order valence-electron chi connectivity index (χ3n) is 3.59. The van der Waals surface area contributed by atoms with Crippen LogP contribution in [0.15, 0.2) is 45.3 Å². The molecular weight excluding hydrogens is 410 g/mol. The van der Waals surface area contributed by atoms with E-state index in [1.165, 1.54) is 0 Å². The summed E-state index contributed by atoms with van der Waals surface area (Å²) in [6.07, 6.45) is 0. The number of imidazole rings is 1. The highest BCUT2D eigenvalue weighted by Crippen LogP contribution is 2.32. The number of phenolic OH excluding ortho intramolecular Hbond substituents is 1. The summed E-state index contributed by atoms with van der Waals surface area (Å²) in [4.78, 5) is 3.38. The lowest BCUT2D eigenvalue weighted by Crippen LogP contribution is -2.34. The first-order valence-electron chi connectivity index (χ1n) is 7.01. The van der Waals surface area contributed by atoms with E-state index in [4.69, 9.17) is 0 Å². The fourth-order valence-corrected chi connectivity index (χ4v) is 3.84. The van der Waals surface area contributed by atoms with Crippen molar-refractivity contribution in [3.8, 4) is 5.75 Å². The molecule has 4 nitrogen and oxygen atoms in total. The number of aromatic amines is 1. The molecule has 1 heterocycles. The second kappa shape index (κ2) is 6.30. The number of para-hydroxylation sites is 2. The van der Waals surface area contributed by atoms with Gasteiger partial charge in [-0.2, -0.15) is 0 Å². The van der Waals surface area contributed by atoms with E-state index in [9.17, 15) is 5.11 Å². The van der Waals surface area contributed by atoms with Crippen molar-refractivity contribution in [2.45, 2.75) is 20.0 Å². The van der Waals surface area contributed by atoms with Crippen molar-refractivity contribution in [1.29, 1.82) is 0 Å². The number of benzene rings is 2. The molecule has 0 aliphatic carbocycles. The first-order valence-corrected chi connectivity index (χ1v) is 8.60. The van der Waals surface area contributed by atoms with Crippen molar-refractivity contribution in [2.75, 3.05) is 5.32 Å². The number of hydrogen-bond donors (Lipinski definition) is 3. The number of aromatic hydroxyl groups is 1. The van der Waals surface area contributed by atoms with Crippen LogP contribution in [0.4, 0.5) is 5.95 Å². The number of hydrogen-bond acceptors (Lipinski definition) is 2. The van der Waals surface area contributed by atoms with Gasteiger partial charge in [-0.05, 0) is 47.1 Å². The van der Waals surface area contributed by atoms with Crippen molar-refractivity contribution in [3.63, 3.8) is 0 Å². The van der Waals surface area contributed by atoms with Crippen LogP contribution in [0.1, 0.15) is 12.5 Å². The minimum atomic E-state index is 0.259. The number of halogens is 2. The van der Waals surface area contributed by atoms with Gasteiger partial charge in [-0.3, -0.25) is 5.32 Å². The summed E-state index contributed by atoms with van der Waals surface area (Å²) in [5.74, 6) is 1.19. The maximum absolute atomic E-state index is 10.1. The molecule has 0 bridgehead atoms. The summed E-state index contributed by atoms with van der Waals surface area (Å²) in [5, 5.41) is 13.5. The Hall–Kier alpha value is -1.53. The fraction of sp³-hybridized carbons (Fsp3) is 0.188. The van der Waals surface area contributed by atoms with Gasteiger partial charge in [-0.25, -0.2) is 9.55 Å². The average Bonchev–Trinajstić information content (AvgIpc) is 2.86. The van der Waals surface area contributed by atoms with Crippen molar-refractivity contribution >= 4 is 48.8 Å². The molecule has 0 spiro atoms. The van der Waals surface area contributed by atoms with Crippen LogP contribution in [0, 0.1) is 0 Å². The van der Waals surface area contributed by atoms with Gasteiger partial charge in [-0.15, -0.1) is 0 Å². The normalized spacial score (nSPS) is 11.0. The Balaban J connectivity index is 1.91. The molecule has 6 heteroatoms. The van der Waals surface area contributed by atoms with Crippen molar-refractivity contribution in [1.82, 2.24) is 4.98 Å². The lowest BCUT2D eigenvalue weighted by Gasteiger charge is -2.07. The van der Waals surface area contributed by atoms with Crippen LogP contribution in [0.25, 0.3) is 11.0 Å². The number of phenols is 1. The van der Waals surface area contributed by atoms with Gasteiger partial charge in [0.25, 0.3) is 0 Å². The molecule has 0 aliphatic heterocycles. The molecule has 3 aromatic rings. The lowest BCUT2D eigenvalue weighted by atomic mass is 10.2. The Morgan fingerprint density at radius 3 is 2.77 bits per heavy atom. The Labute approximate surface area is 145 Å². The van der Waals surface area contributed by atoms with Gasteiger partial charge in [0.15, 0.2) is 0 Å². The number of rotatable bonds is 4. The third kappa shape index (κ3) is 2.85. The van der Waals surface area contributed by atoms with Gasteiger partial charge in [0.1, 0.15) is 16.8 Å². The predicted molar refractivity (Wildman–Crippen MR) is 95.0 cm³/mol. The van der Waals surface area contributed by atoms with Crippen molar-refractivity contribution < 1.29 is 9.67 Å². The van der Waals surface area contributed by atoms with E-state index in [1.54, 1.807) is 0 Å². The number of aryl methyl sites for hydroxylation is 1. The number of nitrogens with zero attached hydrogens (tertiary/aromatic N) is 1. The van der Waals surface area contributed by atoms with E-state index in [2.05, 4.69) is 65.8 Å². The molecule has 0 saturated carbocycles. The summed E-state index contributed by atoms with van der Waals surface area (Å²) in [5.41, 5.74) is 3.07. The Morgan fingerprint density at radius 2 is 2.00 bits per heavy atom. The van der Waals surface area contributed by atoms with Gasteiger partial charge >= 0.3 is 5.95 Å². The van der Waals surface area contributed by atoms with Gasteiger partial charge in [0.2, 0.25) is 0 Å². The van der Waals surface area contributed by atoms with Crippen LogP contribution >= 0.6 is 31.9 Å². The molecule has 22 heavy (non-hydrogen) atoms.